The average Bonchev–Trinajstić information content (AvgIpc) is 3.32. The number of rotatable bonds is 2. The average molecular weight is 393 g/mol. The van der Waals surface area contributed by atoms with Crippen molar-refractivity contribution in [2.24, 2.45) is 12.1 Å². The first-order valence-electron chi connectivity index (χ1n) is 9.32. The molecule has 1 N–H and O–H groups in total. The van der Waals surface area contributed by atoms with E-state index in [1.165, 1.54) is 0 Å². The van der Waals surface area contributed by atoms with Crippen LogP contribution < -0.4 is 14.9 Å². The van der Waals surface area contributed by atoms with E-state index in [1.54, 1.807) is 6.92 Å². The maximum atomic E-state index is 11.9. The highest BCUT2D eigenvalue weighted by Crippen LogP contribution is 2.40. The highest BCUT2D eigenvalue weighted by atomic mass is 16.7. The van der Waals surface area contributed by atoms with Crippen LogP contribution in [0.25, 0.3) is 10.9 Å². The van der Waals surface area contributed by atoms with Gasteiger partial charge in [0.05, 0.1) is 12.6 Å². The van der Waals surface area contributed by atoms with E-state index in [0.717, 1.165) is 33.5 Å². The van der Waals surface area contributed by atoms with Crippen LogP contribution in [-0.4, -0.2) is 30.0 Å². The summed E-state index contributed by atoms with van der Waals surface area (Å²) in [6, 6.07) is 13.6. The van der Waals surface area contributed by atoms with Crippen LogP contribution in [0.5, 0.6) is 11.5 Å². The van der Waals surface area contributed by atoms with Gasteiger partial charge in [-0.15, -0.1) is 5.10 Å². The molecule has 5 rings (SSSR count). The fraction of sp³-hybridized carbons (Fsp3) is 0.238. The second-order valence-corrected chi connectivity index (χ2v) is 6.72. The molecule has 0 saturated heterocycles. The number of carbonyl (C=O) groups excluding carboxylic acids is 1. The zero-order chi connectivity index (χ0) is 20.0. The van der Waals surface area contributed by atoms with Gasteiger partial charge in [0.1, 0.15) is 5.69 Å². The molecule has 2 aromatic carbocycles. The Morgan fingerprint density at radius 1 is 1.24 bits per heavy atom. The molecule has 3 heterocycles. The van der Waals surface area contributed by atoms with Crippen molar-refractivity contribution in [2.75, 3.05) is 13.4 Å². The molecule has 2 aliphatic heterocycles. The van der Waals surface area contributed by atoms with Crippen molar-refractivity contribution >= 4 is 23.0 Å². The Bertz CT molecular complexity index is 1150. The quantitative estimate of drug-likeness (QED) is 0.672. The molecule has 1 unspecified atom stereocenters. The van der Waals surface area contributed by atoms with Gasteiger partial charge in [-0.05, 0) is 30.7 Å². The van der Waals surface area contributed by atoms with E-state index in [2.05, 4.69) is 10.5 Å². The number of hydrogen-bond acceptors (Lipinski definition) is 7. The van der Waals surface area contributed by atoms with Gasteiger partial charge in [0.2, 0.25) is 6.79 Å². The van der Waals surface area contributed by atoms with Gasteiger partial charge < -0.3 is 23.5 Å². The van der Waals surface area contributed by atoms with Gasteiger partial charge in [-0.25, -0.2) is 4.79 Å². The molecule has 8 nitrogen and oxygen atoms in total. The number of hydrogen-bond donors (Lipinski definition) is 1. The van der Waals surface area contributed by atoms with Crippen molar-refractivity contribution in [2.45, 2.75) is 13.0 Å². The molecule has 148 valence electrons. The lowest BCUT2D eigenvalue weighted by molar-refractivity contribution is 0.0999. The maximum absolute atomic E-state index is 11.9. The minimum atomic E-state index is -0.786. The van der Waals surface area contributed by atoms with Crippen LogP contribution in [0.3, 0.4) is 0 Å². The zero-order valence-electron chi connectivity index (χ0n) is 16.0. The van der Waals surface area contributed by atoms with E-state index in [4.69, 9.17) is 18.9 Å². The van der Waals surface area contributed by atoms with Crippen LogP contribution in [0.4, 0.5) is 4.79 Å². The number of nitrogens with one attached hydrogen (secondary N) is 1. The first kappa shape index (κ1) is 17.4. The number of benzene rings is 2. The summed E-state index contributed by atoms with van der Waals surface area (Å²) in [6.07, 6.45) is -0.786. The van der Waals surface area contributed by atoms with Crippen molar-refractivity contribution < 1.29 is 23.7 Å². The van der Waals surface area contributed by atoms with E-state index < -0.39 is 6.16 Å². The zero-order valence-corrected chi connectivity index (χ0v) is 16.0. The number of carbonyl (C=O) groups is 1. The third kappa shape index (κ3) is 2.75. The lowest BCUT2D eigenvalue weighted by Gasteiger charge is -2.24. The van der Waals surface area contributed by atoms with Crippen molar-refractivity contribution in [1.29, 1.82) is 0 Å². The summed E-state index contributed by atoms with van der Waals surface area (Å²) >= 11 is 0. The van der Waals surface area contributed by atoms with E-state index in [1.807, 2.05) is 54.1 Å². The highest BCUT2D eigenvalue weighted by molar-refractivity contribution is 6.05. The van der Waals surface area contributed by atoms with Crippen LogP contribution in [0.1, 0.15) is 29.8 Å². The number of hydrazone groups is 1. The summed E-state index contributed by atoms with van der Waals surface area (Å²) in [4.78, 5) is 11.9. The van der Waals surface area contributed by atoms with Crippen LogP contribution in [0.15, 0.2) is 47.6 Å². The summed E-state index contributed by atoms with van der Waals surface area (Å²) in [7, 11) is 1.92. The third-order valence-corrected chi connectivity index (χ3v) is 5.10. The summed E-state index contributed by atoms with van der Waals surface area (Å²) < 4.78 is 23.2. The molecule has 0 radical (unpaired) electrons. The molecule has 0 saturated carbocycles. The van der Waals surface area contributed by atoms with Crippen LogP contribution in [0, 0.1) is 0 Å². The molecular formula is C21H19N3O5. The Hall–Kier alpha value is -3.68. The fourth-order valence-electron chi connectivity index (χ4n) is 3.85. The molecule has 29 heavy (non-hydrogen) atoms. The lowest BCUT2D eigenvalue weighted by Crippen LogP contribution is -2.30. The van der Waals surface area contributed by atoms with Gasteiger partial charge in [-0.1, -0.05) is 24.3 Å². The van der Waals surface area contributed by atoms with E-state index in [0.29, 0.717) is 5.75 Å². The predicted octanol–water partition coefficient (Wildman–Crippen LogP) is 3.43. The number of para-hydroxylation sites is 1. The Morgan fingerprint density at radius 2 is 2.07 bits per heavy atom. The summed E-state index contributed by atoms with van der Waals surface area (Å²) in [5.74, 6) is 1.59. The van der Waals surface area contributed by atoms with Gasteiger partial charge in [-0.3, -0.25) is 5.43 Å². The molecular weight excluding hydrogens is 374 g/mol. The number of nitrogens with zero attached hydrogens (tertiary/aromatic N) is 2. The Morgan fingerprint density at radius 3 is 2.93 bits per heavy atom. The Kier molecular flexibility index (Phi) is 4.04. The van der Waals surface area contributed by atoms with Crippen molar-refractivity contribution in [3.63, 3.8) is 0 Å². The number of fused-ring (bicyclic) bond motifs is 4. The number of aromatic nitrogens is 1. The van der Waals surface area contributed by atoms with Gasteiger partial charge in [0.15, 0.2) is 11.5 Å². The molecule has 0 aliphatic carbocycles. The second-order valence-electron chi connectivity index (χ2n) is 6.72. The smallest absolute Gasteiger partial charge is 0.454 e. The second kappa shape index (κ2) is 6.73. The number of aryl methyl sites for hydroxylation is 1. The van der Waals surface area contributed by atoms with Gasteiger partial charge in [-0.2, -0.15) is 0 Å². The molecule has 0 bridgehead atoms. The van der Waals surface area contributed by atoms with Crippen LogP contribution in [0.2, 0.25) is 0 Å². The predicted molar refractivity (Wildman–Crippen MR) is 105 cm³/mol. The van der Waals surface area contributed by atoms with Crippen LogP contribution in [-0.2, 0) is 16.5 Å². The minimum Gasteiger partial charge on any atom is -0.454 e. The van der Waals surface area contributed by atoms with Gasteiger partial charge in [0, 0.05) is 23.5 Å². The Labute approximate surface area is 166 Å². The molecule has 0 fully saturated rings. The highest BCUT2D eigenvalue weighted by Gasteiger charge is 2.33. The van der Waals surface area contributed by atoms with Gasteiger partial charge >= 0.3 is 6.16 Å². The topological polar surface area (TPSA) is 83.3 Å². The normalized spacial score (nSPS) is 16.8. The molecule has 1 atom stereocenters. The first-order valence-corrected chi connectivity index (χ1v) is 9.32. The van der Waals surface area contributed by atoms with Crippen LogP contribution >= 0.6 is 0 Å². The first-order chi connectivity index (χ1) is 14.2. The Balaban J connectivity index is 1.65. The van der Waals surface area contributed by atoms with E-state index in [9.17, 15) is 4.79 Å². The van der Waals surface area contributed by atoms with E-state index >= 15 is 0 Å². The molecule has 0 spiro atoms. The molecule has 1 aromatic heterocycles. The summed E-state index contributed by atoms with van der Waals surface area (Å²) in [6.45, 7) is 2.16. The molecule has 2 aliphatic rings. The van der Waals surface area contributed by atoms with Crippen molar-refractivity contribution in [3.05, 3.63) is 59.3 Å². The summed E-state index contributed by atoms with van der Waals surface area (Å²) in [5.41, 5.74) is 6.79. The third-order valence-electron chi connectivity index (χ3n) is 5.10. The largest absolute Gasteiger partial charge is 0.515 e. The molecule has 0 amide bonds. The lowest BCUT2D eigenvalue weighted by atomic mass is 9.95. The van der Waals surface area contributed by atoms with E-state index in [-0.39, 0.29) is 25.3 Å². The fourth-order valence-corrected chi connectivity index (χ4v) is 3.85. The van der Waals surface area contributed by atoms with Gasteiger partial charge in [0.25, 0.3) is 5.90 Å². The monoisotopic (exact) mass is 393 g/mol. The maximum Gasteiger partial charge on any atom is 0.515 e. The SMILES string of the molecule is CCOC(=O)OC1=NNC(c2ccc3c(c2)OCO3)c2c1n(C)c1ccccc21. The molecule has 8 heteroatoms. The number of ether oxygens (including phenoxy) is 4. The standard InChI is InChI=1S/C21H19N3O5/c1-3-26-21(25)29-20-19-17(13-6-4-5-7-14(13)24(19)2)18(22-23-20)12-8-9-15-16(10-12)28-11-27-15/h4-10,18,22H,3,11H2,1-2H3. The van der Waals surface area contributed by atoms with Crippen molar-refractivity contribution in [1.82, 2.24) is 9.99 Å². The molecule has 3 aromatic rings. The minimum absolute atomic E-state index is 0.175. The van der Waals surface area contributed by atoms with Crippen molar-refractivity contribution in [3.8, 4) is 11.5 Å². The summed E-state index contributed by atoms with van der Waals surface area (Å²) in [5, 5.41) is 5.39.